The Balaban J connectivity index is 1.61. The molecule has 9 nitrogen and oxygen atoms in total. The molecule has 0 atom stereocenters. The fourth-order valence-electron chi connectivity index (χ4n) is 4.55. The number of benzene rings is 4. The summed E-state index contributed by atoms with van der Waals surface area (Å²) in [6, 6.07) is 30.1. The van der Waals surface area contributed by atoms with E-state index in [-0.39, 0.29) is 26.9 Å². The number of fused-ring (bicyclic) bond motifs is 1. The summed E-state index contributed by atoms with van der Waals surface area (Å²) in [6.07, 6.45) is 0.975. The maximum atomic E-state index is 13.6. The molecule has 1 aromatic heterocycles. The predicted octanol–water partition coefficient (Wildman–Crippen LogP) is 5.62. The van der Waals surface area contributed by atoms with Gasteiger partial charge in [-0.3, -0.25) is 4.79 Å². The molecule has 10 heteroatoms. The quantitative estimate of drug-likeness (QED) is 0.101. The van der Waals surface area contributed by atoms with E-state index in [1.165, 1.54) is 30.3 Å². The second-order valence-corrected chi connectivity index (χ2v) is 11.2. The molecule has 1 N–H and O–H groups in total. The fourth-order valence-corrected chi connectivity index (χ4v) is 5.94. The van der Waals surface area contributed by atoms with E-state index in [4.69, 9.17) is 4.74 Å². The summed E-state index contributed by atoms with van der Waals surface area (Å²) in [6.45, 7) is 0. The number of aliphatic hydroxyl groups is 1. The van der Waals surface area contributed by atoms with Gasteiger partial charge in [-0.05, 0) is 41.5 Å². The molecule has 0 unspecified atom stereocenters. The number of carbonyl (C=O) groups is 3. The number of aliphatic hydroxyl groups excluding tert-OH is 1. The number of hydrogen-bond donors (Lipinski definition) is 1. The molecule has 1 heterocycles. The Labute approximate surface area is 247 Å². The van der Waals surface area contributed by atoms with Crippen molar-refractivity contribution < 1.29 is 37.4 Å². The van der Waals surface area contributed by atoms with Crippen LogP contribution in [-0.4, -0.2) is 42.3 Å². The monoisotopic (exact) mass is 595 g/mol. The first kappa shape index (κ1) is 29.0. The average Bonchev–Trinajstić information content (AvgIpc) is 3.44. The van der Waals surface area contributed by atoms with Crippen LogP contribution in [0.15, 0.2) is 132 Å². The van der Waals surface area contributed by atoms with Gasteiger partial charge in [-0.25, -0.2) is 22.0 Å². The van der Waals surface area contributed by atoms with Crippen molar-refractivity contribution in [3.63, 3.8) is 0 Å². The van der Waals surface area contributed by atoms with Crippen LogP contribution < -0.4 is 0 Å². The second kappa shape index (κ2) is 12.2. The Morgan fingerprint density at radius 1 is 0.814 bits per heavy atom. The summed E-state index contributed by atoms with van der Waals surface area (Å²) in [4.78, 5) is 38.4. The maximum Gasteiger partial charge on any atom is 0.373 e. The van der Waals surface area contributed by atoms with E-state index < -0.39 is 39.6 Å². The molecule has 4 aromatic carbocycles. The zero-order valence-electron chi connectivity index (χ0n) is 22.8. The lowest BCUT2D eigenvalue weighted by Crippen LogP contribution is -2.13. The van der Waals surface area contributed by atoms with Gasteiger partial charge in [-0.1, -0.05) is 78.9 Å². The normalized spacial score (nSPS) is 11.8. The summed E-state index contributed by atoms with van der Waals surface area (Å²) >= 11 is 0. The highest BCUT2D eigenvalue weighted by Crippen LogP contribution is 2.31. The van der Waals surface area contributed by atoms with Gasteiger partial charge in [0.25, 0.3) is 10.0 Å². The number of hydrogen-bond acceptors (Lipinski definition) is 8. The number of rotatable bonds is 9. The zero-order valence-corrected chi connectivity index (χ0v) is 23.6. The van der Waals surface area contributed by atoms with Gasteiger partial charge in [0.15, 0.2) is 11.9 Å². The highest BCUT2D eigenvalue weighted by Gasteiger charge is 2.26. The molecule has 5 rings (SSSR count). The fraction of sp³-hybridized carbons (Fsp3) is 0.0606. The van der Waals surface area contributed by atoms with E-state index in [1.54, 1.807) is 18.2 Å². The Bertz CT molecular complexity index is 1910. The molecule has 0 bridgehead atoms. The molecule has 0 aliphatic rings. The minimum absolute atomic E-state index is 0.0316. The van der Waals surface area contributed by atoms with Crippen molar-refractivity contribution in [2.45, 2.75) is 11.0 Å². The number of ether oxygens (including phenoxy) is 2. The minimum atomic E-state index is -4.18. The van der Waals surface area contributed by atoms with Crippen molar-refractivity contribution >= 4 is 38.6 Å². The van der Waals surface area contributed by atoms with Gasteiger partial charge in [0.2, 0.25) is 5.76 Å². The van der Waals surface area contributed by atoms with Gasteiger partial charge in [-0.15, -0.1) is 0 Å². The minimum Gasteiger partial charge on any atom is -0.502 e. The Morgan fingerprint density at radius 3 is 1.93 bits per heavy atom. The second-order valence-electron chi connectivity index (χ2n) is 9.38. The lowest BCUT2D eigenvalue weighted by atomic mass is 10.0. The molecule has 0 aliphatic carbocycles. The van der Waals surface area contributed by atoms with Gasteiger partial charge in [0.05, 0.1) is 23.1 Å². The standard InChI is InChI=1S/C33H25NO8S/c1-41-33(38)30(36)20-29(35)27-21-34(43(39,40)25-15-9-4-10-16-25)28-18-17-24(19-26(27)28)32(37)42-31(22-11-5-2-6-12-22)23-13-7-3-8-14-23/h2-21,31,36H,1H3. The first-order chi connectivity index (χ1) is 20.7. The first-order valence-electron chi connectivity index (χ1n) is 13.0. The predicted molar refractivity (Wildman–Crippen MR) is 158 cm³/mol. The van der Waals surface area contributed by atoms with Gasteiger partial charge >= 0.3 is 11.9 Å². The number of esters is 2. The van der Waals surface area contributed by atoms with Crippen LogP contribution in [0.1, 0.15) is 37.9 Å². The zero-order chi connectivity index (χ0) is 30.6. The van der Waals surface area contributed by atoms with Crippen LogP contribution >= 0.6 is 0 Å². The largest absolute Gasteiger partial charge is 0.502 e. The molecular weight excluding hydrogens is 570 g/mol. The lowest BCUT2D eigenvalue weighted by Gasteiger charge is -2.19. The van der Waals surface area contributed by atoms with E-state index in [9.17, 15) is 27.9 Å². The number of ketones is 1. The van der Waals surface area contributed by atoms with Crippen molar-refractivity contribution in [3.8, 4) is 0 Å². The molecule has 0 radical (unpaired) electrons. The van der Waals surface area contributed by atoms with E-state index in [0.717, 1.165) is 28.4 Å². The molecule has 0 spiro atoms. The molecule has 0 fully saturated rings. The number of nitrogens with zero attached hydrogens (tertiary/aromatic N) is 1. The number of methoxy groups -OCH3 is 1. The third-order valence-electron chi connectivity index (χ3n) is 6.66. The summed E-state index contributed by atoms with van der Waals surface area (Å²) in [5, 5.41) is 10.1. The SMILES string of the molecule is COC(=O)C(O)=CC(=O)c1cn(S(=O)(=O)c2ccccc2)c2ccc(C(=O)OC(c3ccccc3)c3ccccc3)cc12. The van der Waals surface area contributed by atoms with E-state index >= 15 is 0 Å². The molecule has 5 aromatic rings. The summed E-state index contributed by atoms with van der Waals surface area (Å²) < 4.78 is 38.4. The molecule has 43 heavy (non-hydrogen) atoms. The lowest BCUT2D eigenvalue weighted by molar-refractivity contribution is -0.139. The van der Waals surface area contributed by atoms with Crippen LogP contribution in [0.3, 0.4) is 0 Å². The summed E-state index contributed by atoms with van der Waals surface area (Å²) in [5.74, 6) is -3.72. The molecule has 0 aliphatic heterocycles. The molecular formula is C33H25NO8S. The van der Waals surface area contributed by atoms with Gasteiger partial charge in [-0.2, -0.15) is 0 Å². The van der Waals surface area contributed by atoms with Crippen LogP contribution in [-0.2, 0) is 24.3 Å². The highest BCUT2D eigenvalue weighted by atomic mass is 32.2. The topological polar surface area (TPSA) is 129 Å². The third-order valence-corrected chi connectivity index (χ3v) is 8.35. The Morgan fingerprint density at radius 2 is 1.37 bits per heavy atom. The van der Waals surface area contributed by atoms with Crippen LogP contribution in [0.25, 0.3) is 10.9 Å². The van der Waals surface area contributed by atoms with Crippen molar-refractivity contribution in [1.29, 1.82) is 0 Å². The summed E-state index contributed by atoms with van der Waals surface area (Å²) in [7, 11) is -3.15. The van der Waals surface area contributed by atoms with Crippen LogP contribution in [0, 0.1) is 0 Å². The third kappa shape index (κ3) is 5.95. The summed E-state index contributed by atoms with van der Waals surface area (Å²) in [5.41, 5.74) is 1.44. The highest BCUT2D eigenvalue weighted by molar-refractivity contribution is 7.90. The van der Waals surface area contributed by atoms with E-state index in [1.807, 2.05) is 60.7 Å². The van der Waals surface area contributed by atoms with Crippen LogP contribution in [0.5, 0.6) is 0 Å². The molecule has 0 saturated carbocycles. The average molecular weight is 596 g/mol. The molecule has 0 saturated heterocycles. The van der Waals surface area contributed by atoms with Gasteiger partial charge in [0, 0.05) is 23.2 Å². The first-order valence-corrected chi connectivity index (χ1v) is 14.4. The number of allylic oxidation sites excluding steroid dienone is 1. The van der Waals surface area contributed by atoms with Crippen molar-refractivity contribution in [2.75, 3.05) is 7.11 Å². The molecule has 216 valence electrons. The van der Waals surface area contributed by atoms with E-state index in [0.29, 0.717) is 6.08 Å². The van der Waals surface area contributed by atoms with Crippen molar-refractivity contribution in [3.05, 3.63) is 149 Å². The Kier molecular flexibility index (Phi) is 8.22. The van der Waals surface area contributed by atoms with Crippen LogP contribution in [0.4, 0.5) is 0 Å². The Hall–Kier alpha value is -5.48. The molecule has 0 amide bonds. The van der Waals surface area contributed by atoms with E-state index in [2.05, 4.69) is 4.74 Å². The smallest absolute Gasteiger partial charge is 0.373 e. The van der Waals surface area contributed by atoms with Gasteiger partial charge < -0.3 is 14.6 Å². The van der Waals surface area contributed by atoms with Gasteiger partial charge in [0.1, 0.15) is 0 Å². The number of carbonyl (C=O) groups excluding carboxylic acids is 3. The number of aromatic nitrogens is 1. The maximum absolute atomic E-state index is 13.6. The van der Waals surface area contributed by atoms with Crippen molar-refractivity contribution in [1.82, 2.24) is 3.97 Å². The van der Waals surface area contributed by atoms with Crippen LogP contribution in [0.2, 0.25) is 0 Å². The van der Waals surface area contributed by atoms with Crippen molar-refractivity contribution in [2.24, 2.45) is 0 Å².